The van der Waals surface area contributed by atoms with Crippen molar-refractivity contribution in [3.63, 3.8) is 0 Å². The first-order valence-corrected chi connectivity index (χ1v) is 9.20. The molecule has 0 radical (unpaired) electrons. The number of rotatable bonds is 2. The summed E-state index contributed by atoms with van der Waals surface area (Å²) in [5, 5.41) is 3.33. The minimum Gasteiger partial charge on any atom is -0.493 e. The number of nitrogens with one attached hydrogen (secondary N) is 1. The maximum atomic E-state index is 13.5. The number of benzene rings is 2. The highest BCUT2D eigenvalue weighted by Gasteiger charge is 2.24. The Balaban J connectivity index is 1.60. The summed E-state index contributed by atoms with van der Waals surface area (Å²) >= 11 is 7.27. The number of aryl methyl sites for hydroxylation is 1. The van der Waals surface area contributed by atoms with Crippen molar-refractivity contribution in [3.05, 3.63) is 62.8 Å². The van der Waals surface area contributed by atoms with Crippen LogP contribution < -0.4 is 10.1 Å². The maximum Gasteiger partial charge on any atom is 0.264 e. The Morgan fingerprint density at radius 2 is 2.19 bits per heavy atom. The van der Waals surface area contributed by atoms with Gasteiger partial charge in [0.1, 0.15) is 11.6 Å². The molecule has 0 unspecified atom stereocenters. The maximum absolute atomic E-state index is 13.5. The Labute approximate surface area is 159 Å². The van der Waals surface area contributed by atoms with Crippen LogP contribution in [0.5, 0.6) is 5.75 Å². The van der Waals surface area contributed by atoms with Gasteiger partial charge in [-0.15, -0.1) is 0 Å². The third-order valence-corrected chi connectivity index (χ3v) is 5.32. The fraction of sp³-hybridized carbons (Fsp3) is 0.158. The van der Waals surface area contributed by atoms with Crippen molar-refractivity contribution < 1.29 is 13.9 Å². The zero-order valence-electron chi connectivity index (χ0n) is 13.8. The van der Waals surface area contributed by atoms with Crippen molar-refractivity contribution in [2.75, 3.05) is 6.61 Å². The number of carbonyl (C=O) groups excluding carboxylic acids is 1. The van der Waals surface area contributed by atoms with Crippen LogP contribution in [0.3, 0.4) is 0 Å². The summed E-state index contributed by atoms with van der Waals surface area (Å²) in [7, 11) is 0. The van der Waals surface area contributed by atoms with Crippen LogP contribution in [0.4, 0.5) is 10.1 Å². The highest BCUT2D eigenvalue weighted by molar-refractivity contribution is 8.18. The Morgan fingerprint density at radius 3 is 3.04 bits per heavy atom. The molecule has 4 rings (SSSR count). The van der Waals surface area contributed by atoms with Crippen molar-refractivity contribution in [2.24, 2.45) is 4.99 Å². The molecule has 0 atom stereocenters. The summed E-state index contributed by atoms with van der Waals surface area (Å²) in [6.07, 6.45) is 2.69. The van der Waals surface area contributed by atoms with E-state index >= 15 is 0 Å². The van der Waals surface area contributed by atoms with E-state index in [0.717, 1.165) is 23.3 Å². The highest BCUT2D eigenvalue weighted by atomic mass is 35.5. The molecule has 26 heavy (non-hydrogen) atoms. The molecular weight excluding hydrogens is 375 g/mol. The second-order valence-electron chi connectivity index (χ2n) is 6.00. The van der Waals surface area contributed by atoms with Crippen LogP contribution in [0.1, 0.15) is 16.7 Å². The predicted molar refractivity (Wildman–Crippen MR) is 103 cm³/mol. The second kappa shape index (κ2) is 6.78. The number of ether oxygens (including phenoxy) is 1. The summed E-state index contributed by atoms with van der Waals surface area (Å²) in [6.45, 7) is 2.33. The molecule has 2 aromatic carbocycles. The van der Waals surface area contributed by atoms with E-state index in [1.54, 1.807) is 13.0 Å². The highest BCUT2D eigenvalue weighted by Crippen LogP contribution is 2.33. The van der Waals surface area contributed by atoms with Gasteiger partial charge >= 0.3 is 0 Å². The van der Waals surface area contributed by atoms with Gasteiger partial charge in [-0.25, -0.2) is 9.38 Å². The van der Waals surface area contributed by atoms with Crippen molar-refractivity contribution in [1.82, 2.24) is 5.32 Å². The Bertz CT molecular complexity index is 988. The average Bonchev–Trinajstić information content (AvgIpc) is 3.19. The van der Waals surface area contributed by atoms with Gasteiger partial charge in [-0.2, -0.15) is 0 Å². The van der Waals surface area contributed by atoms with E-state index < -0.39 is 0 Å². The van der Waals surface area contributed by atoms with Crippen LogP contribution in [0, 0.1) is 12.7 Å². The molecule has 0 aliphatic carbocycles. The van der Waals surface area contributed by atoms with E-state index in [9.17, 15) is 9.18 Å². The number of carbonyl (C=O) groups is 1. The lowest BCUT2D eigenvalue weighted by Gasteiger charge is -2.02. The quantitative estimate of drug-likeness (QED) is 0.764. The summed E-state index contributed by atoms with van der Waals surface area (Å²) in [4.78, 5) is 17.1. The molecule has 2 aromatic rings. The van der Waals surface area contributed by atoms with E-state index in [1.165, 1.54) is 17.8 Å². The van der Waals surface area contributed by atoms with Crippen molar-refractivity contribution in [3.8, 4) is 5.75 Å². The molecule has 2 heterocycles. The minimum absolute atomic E-state index is 0.200. The van der Waals surface area contributed by atoms with E-state index in [1.807, 2.05) is 24.3 Å². The van der Waals surface area contributed by atoms with Gasteiger partial charge in [-0.3, -0.25) is 4.79 Å². The number of hydrogen-bond acceptors (Lipinski definition) is 4. The van der Waals surface area contributed by atoms with E-state index in [0.29, 0.717) is 27.9 Å². The molecule has 2 aliphatic rings. The van der Waals surface area contributed by atoms with Gasteiger partial charge in [-0.1, -0.05) is 17.7 Å². The summed E-state index contributed by atoms with van der Waals surface area (Å²) in [5.41, 5.74) is 2.94. The number of aliphatic imine (C=N–C) groups is 1. The van der Waals surface area contributed by atoms with Crippen LogP contribution in [0.25, 0.3) is 6.08 Å². The zero-order valence-corrected chi connectivity index (χ0v) is 15.4. The first kappa shape index (κ1) is 17.1. The number of halogens is 2. The molecule has 0 spiro atoms. The topological polar surface area (TPSA) is 50.7 Å². The summed E-state index contributed by atoms with van der Waals surface area (Å²) < 4.78 is 19.0. The van der Waals surface area contributed by atoms with Crippen LogP contribution in [0.15, 0.2) is 40.2 Å². The molecule has 0 saturated carbocycles. The molecule has 7 heteroatoms. The molecule has 1 fully saturated rings. The summed E-state index contributed by atoms with van der Waals surface area (Å²) in [5.74, 6) is 0.294. The largest absolute Gasteiger partial charge is 0.493 e. The number of hydrogen-bond donors (Lipinski definition) is 1. The molecule has 4 nitrogen and oxygen atoms in total. The number of nitrogens with zero attached hydrogens (tertiary/aromatic N) is 1. The molecule has 132 valence electrons. The lowest BCUT2D eigenvalue weighted by atomic mass is 10.1. The van der Waals surface area contributed by atoms with Crippen molar-refractivity contribution in [2.45, 2.75) is 13.3 Å². The fourth-order valence-corrected chi connectivity index (χ4v) is 3.79. The first-order chi connectivity index (χ1) is 12.5. The molecule has 1 saturated heterocycles. The van der Waals surface area contributed by atoms with Gasteiger partial charge in [0.2, 0.25) is 0 Å². The monoisotopic (exact) mass is 388 g/mol. The normalized spacial score (nSPS) is 19.0. The molecule has 1 N–H and O–H groups in total. The minimum atomic E-state index is -0.386. The number of fused-ring (bicyclic) bond motifs is 1. The number of amides is 1. The Hall–Kier alpha value is -2.31. The predicted octanol–water partition coefficient (Wildman–Crippen LogP) is 4.61. The lowest BCUT2D eigenvalue weighted by molar-refractivity contribution is -0.115. The van der Waals surface area contributed by atoms with Crippen molar-refractivity contribution in [1.29, 1.82) is 0 Å². The lowest BCUT2D eigenvalue weighted by Crippen LogP contribution is -2.19. The van der Waals surface area contributed by atoms with Crippen molar-refractivity contribution >= 4 is 46.2 Å². The summed E-state index contributed by atoms with van der Waals surface area (Å²) in [6, 6.07) is 8.64. The average molecular weight is 389 g/mol. The third-order valence-electron chi connectivity index (χ3n) is 4.11. The van der Waals surface area contributed by atoms with Crippen LogP contribution in [-0.2, 0) is 11.2 Å². The molecule has 2 aliphatic heterocycles. The van der Waals surface area contributed by atoms with Gasteiger partial charge in [0.05, 0.1) is 22.2 Å². The zero-order chi connectivity index (χ0) is 18.3. The number of thioether (sulfide) groups is 1. The Kier molecular flexibility index (Phi) is 4.46. The van der Waals surface area contributed by atoms with Crippen LogP contribution in [-0.4, -0.2) is 17.7 Å². The standard InChI is InChI=1S/C19H14ClFN2O2S/c1-10-6-15(13(20)9-14(10)21)22-19-23-18(24)17(26-19)8-11-2-3-16-12(7-11)4-5-25-16/h2-3,6-9H,4-5H2,1H3,(H,22,23,24)/b17-8-. The number of amidine groups is 1. The smallest absolute Gasteiger partial charge is 0.264 e. The van der Waals surface area contributed by atoms with E-state index in [2.05, 4.69) is 10.3 Å². The van der Waals surface area contributed by atoms with Gasteiger partial charge in [0.25, 0.3) is 5.91 Å². The molecule has 0 bridgehead atoms. The van der Waals surface area contributed by atoms with E-state index in [4.69, 9.17) is 16.3 Å². The fourth-order valence-electron chi connectivity index (χ4n) is 2.77. The molecule has 1 amide bonds. The van der Waals surface area contributed by atoms with Gasteiger partial charge < -0.3 is 10.1 Å². The third kappa shape index (κ3) is 3.34. The molecular formula is C19H14ClFN2O2S. The van der Waals surface area contributed by atoms with Crippen LogP contribution >= 0.6 is 23.4 Å². The second-order valence-corrected chi connectivity index (χ2v) is 7.44. The Morgan fingerprint density at radius 1 is 1.35 bits per heavy atom. The van der Waals surface area contributed by atoms with Crippen LogP contribution in [0.2, 0.25) is 5.02 Å². The molecule has 0 aromatic heterocycles. The SMILES string of the molecule is Cc1cc(/N=C2/NC(=O)/C(=C/c3ccc4c(c3)CCO4)S2)c(Cl)cc1F. The van der Waals surface area contributed by atoms with Gasteiger partial charge in [-0.05, 0) is 65.7 Å². The van der Waals surface area contributed by atoms with Gasteiger partial charge in [0, 0.05) is 6.42 Å². The van der Waals surface area contributed by atoms with E-state index in [-0.39, 0.29) is 16.7 Å². The first-order valence-electron chi connectivity index (χ1n) is 8.00. The van der Waals surface area contributed by atoms with Gasteiger partial charge in [0.15, 0.2) is 5.17 Å².